The summed E-state index contributed by atoms with van der Waals surface area (Å²) in [7, 11) is 0. The van der Waals surface area contributed by atoms with Gasteiger partial charge in [-0.15, -0.1) is 0 Å². The van der Waals surface area contributed by atoms with Crippen LogP contribution >= 0.6 is 0 Å². The molecular weight excluding hydrogens is 360 g/mol. The van der Waals surface area contributed by atoms with Crippen molar-refractivity contribution in [1.82, 2.24) is 10.2 Å². The van der Waals surface area contributed by atoms with Crippen LogP contribution in [-0.4, -0.2) is 35.2 Å². The number of nitrogens with one attached hydrogen (secondary N) is 1. The summed E-state index contributed by atoms with van der Waals surface area (Å²) in [6, 6.07) is 8.59. The molecule has 0 aromatic heterocycles. The maximum atomic E-state index is 13.5. The van der Waals surface area contributed by atoms with E-state index in [4.69, 9.17) is 0 Å². The van der Waals surface area contributed by atoms with E-state index in [0.29, 0.717) is 12.5 Å². The molecule has 0 saturated heterocycles. The highest BCUT2D eigenvalue weighted by Crippen LogP contribution is 2.49. The molecule has 4 rings (SSSR count). The predicted octanol–water partition coefficient (Wildman–Crippen LogP) is 4.12. The van der Waals surface area contributed by atoms with Crippen molar-refractivity contribution in [3.63, 3.8) is 0 Å². The highest BCUT2D eigenvalue weighted by molar-refractivity contribution is 5.98. The molecule has 2 saturated carbocycles. The van der Waals surface area contributed by atoms with E-state index in [-0.39, 0.29) is 23.5 Å². The zero-order chi connectivity index (χ0) is 20.4. The van der Waals surface area contributed by atoms with Crippen molar-refractivity contribution < 1.29 is 9.59 Å². The van der Waals surface area contributed by atoms with Crippen molar-refractivity contribution in [2.24, 2.45) is 17.8 Å². The van der Waals surface area contributed by atoms with Gasteiger partial charge in [0.1, 0.15) is 5.54 Å². The second-order valence-electron chi connectivity index (χ2n) is 9.86. The summed E-state index contributed by atoms with van der Waals surface area (Å²) in [6.45, 7) is 6.58. The molecule has 1 heterocycles. The Balaban J connectivity index is 1.44. The van der Waals surface area contributed by atoms with Gasteiger partial charge in [-0.05, 0) is 61.6 Å². The molecule has 0 spiro atoms. The summed E-state index contributed by atoms with van der Waals surface area (Å²) in [5, 5.41) is 3.28. The first-order valence-corrected chi connectivity index (χ1v) is 11.6. The minimum Gasteiger partial charge on any atom is -0.343 e. The van der Waals surface area contributed by atoms with Gasteiger partial charge in [0.2, 0.25) is 5.91 Å². The lowest BCUT2D eigenvalue weighted by molar-refractivity contribution is -0.132. The van der Waals surface area contributed by atoms with E-state index in [9.17, 15) is 9.59 Å². The van der Waals surface area contributed by atoms with Crippen molar-refractivity contribution >= 4 is 11.7 Å². The number of rotatable bonds is 6. The van der Waals surface area contributed by atoms with Gasteiger partial charge >= 0.3 is 0 Å². The zero-order valence-corrected chi connectivity index (χ0v) is 18.1. The topological polar surface area (TPSA) is 49.4 Å². The molecule has 1 amide bonds. The molecule has 2 atom stereocenters. The van der Waals surface area contributed by atoms with Crippen molar-refractivity contribution in [3.05, 3.63) is 35.4 Å². The van der Waals surface area contributed by atoms with Gasteiger partial charge in [-0.25, -0.2) is 0 Å². The van der Waals surface area contributed by atoms with Gasteiger partial charge in [-0.3, -0.25) is 14.5 Å². The van der Waals surface area contributed by atoms with Crippen LogP contribution in [0.4, 0.5) is 0 Å². The van der Waals surface area contributed by atoms with Crippen LogP contribution in [0.5, 0.6) is 0 Å². The summed E-state index contributed by atoms with van der Waals surface area (Å²) < 4.78 is 0. The van der Waals surface area contributed by atoms with E-state index < -0.39 is 5.54 Å². The molecule has 1 unspecified atom stereocenters. The number of carbonyl (C=O) groups is 2. The Labute approximate surface area is 175 Å². The second kappa shape index (κ2) is 8.59. The van der Waals surface area contributed by atoms with E-state index in [1.54, 1.807) is 0 Å². The minimum atomic E-state index is -0.617. The quantitative estimate of drug-likeness (QED) is 0.787. The van der Waals surface area contributed by atoms with Crippen LogP contribution in [0, 0.1) is 17.8 Å². The molecule has 1 N–H and O–H groups in total. The van der Waals surface area contributed by atoms with Crippen LogP contribution in [-0.2, 0) is 22.6 Å². The molecule has 2 fully saturated rings. The normalized spacial score (nSPS) is 27.9. The average molecular weight is 397 g/mol. The lowest BCUT2D eigenvalue weighted by atomic mass is 9.88. The molecule has 0 bridgehead atoms. The monoisotopic (exact) mass is 396 g/mol. The van der Waals surface area contributed by atoms with E-state index >= 15 is 0 Å². The largest absolute Gasteiger partial charge is 0.343 e. The Morgan fingerprint density at radius 3 is 2.52 bits per heavy atom. The molecule has 0 radical (unpaired) electrons. The fourth-order valence-electron chi connectivity index (χ4n) is 5.56. The van der Waals surface area contributed by atoms with Crippen LogP contribution in [0.1, 0.15) is 69.9 Å². The van der Waals surface area contributed by atoms with Crippen molar-refractivity contribution in [1.29, 1.82) is 0 Å². The third kappa shape index (κ3) is 4.42. The summed E-state index contributed by atoms with van der Waals surface area (Å²) in [5.74, 6) is 1.14. The smallest absolute Gasteiger partial charge is 0.223 e. The van der Waals surface area contributed by atoms with Crippen LogP contribution < -0.4 is 5.32 Å². The molecule has 1 aromatic carbocycles. The minimum absolute atomic E-state index is 0.104. The standard InChI is InChI=1S/C25H36N2O2/c1-18(2)22-15-25(22,26-24(29)20-10-4-3-5-11-20)23(28)17-27-14-8-13-19-9-6-7-12-21(19)16-27/h6-7,9,12,18,20,22H,3-5,8,10-11,13-17H2,1-2H3,(H,26,29)/t22-,25?/m0/s1. The third-order valence-corrected chi connectivity index (χ3v) is 7.44. The molecule has 4 heteroatoms. The first-order valence-electron chi connectivity index (χ1n) is 11.6. The number of ketones is 1. The van der Waals surface area contributed by atoms with Crippen LogP contribution in [0.2, 0.25) is 0 Å². The Kier molecular flexibility index (Phi) is 6.10. The average Bonchev–Trinajstić information content (AvgIpc) is 3.48. The number of hydrogen-bond donors (Lipinski definition) is 1. The van der Waals surface area contributed by atoms with E-state index in [1.165, 1.54) is 17.5 Å². The summed E-state index contributed by atoms with van der Waals surface area (Å²) >= 11 is 0. The molecule has 29 heavy (non-hydrogen) atoms. The van der Waals surface area contributed by atoms with Crippen LogP contribution in [0.3, 0.4) is 0 Å². The molecule has 2 aliphatic carbocycles. The Bertz CT molecular complexity index is 753. The van der Waals surface area contributed by atoms with Gasteiger partial charge in [-0.2, -0.15) is 0 Å². The number of aryl methyl sites for hydroxylation is 1. The fraction of sp³-hybridized carbons (Fsp3) is 0.680. The number of amides is 1. The number of hydrogen-bond acceptors (Lipinski definition) is 3. The van der Waals surface area contributed by atoms with Gasteiger partial charge in [0, 0.05) is 12.5 Å². The second-order valence-corrected chi connectivity index (χ2v) is 9.86. The first-order chi connectivity index (χ1) is 14.0. The van der Waals surface area contributed by atoms with Gasteiger partial charge in [0.05, 0.1) is 6.54 Å². The van der Waals surface area contributed by atoms with Crippen LogP contribution in [0.15, 0.2) is 24.3 Å². The van der Waals surface area contributed by atoms with Crippen molar-refractivity contribution in [2.75, 3.05) is 13.1 Å². The highest BCUT2D eigenvalue weighted by atomic mass is 16.2. The van der Waals surface area contributed by atoms with E-state index in [1.807, 2.05) is 0 Å². The summed E-state index contributed by atoms with van der Waals surface area (Å²) in [6.07, 6.45) is 8.44. The maximum absolute atomic E-state index is 13.5. The molecule has 3 aliphatic rings. The molecular formula is C25H36N2O2. The Hall–Kier alpha value is -1.68. The van der Waals surface area contributed by atoms with Gasteiger partial charge < -0.3 is 5.32 Å². The number of nitrogens with zero attached hydrogens (tertiary/aromatic N) is 1. The summed E-state index contributed by atoms with van der Waals surface area (Å²) in [4.78, 5) is 28.7. The van der Waals surface area contributed by atoms with E-state index in [2.05, 4.69) is 48.3 Å². The maximum Gasteiger partial charge on any atom is 0.223 e. The predicted molar refractivity (Wildman–Crippen MR) is 115 cm³/mol. The number of benzene rings is 1. The molecule has 158 valence electrons. The van der Waals surface area contributed by atoms with Crippen molar-refractivity contribution in [3.8, 4) is 0 Å². The Morgan fingerprint density at radius 1 is 1.10 bits per heavy atom. The van der Waals surface area contributed by atoms with Gasteiger partial charge in [0.15, 0.2) is 5.78 Å². The van der Waals surface area contributed by atoms with Crippen LogP contribution in [0.25, 0.3) is 0 Å². The third-order valence-electron chi connectivity index (χ3n) is 7.44. The van der Waals surface area contributed by atoms with Gasteiger partial charge in [0.25, 0.3) is 0 Å². The lowest BCUT2D eigenvalue weighted by Gasteiger charge is -2.28. The zero-order valence-electron chi connectivity index (χ0n) is 18.1. The highest BCUT2D eigenvalue weighted by Gasteiger charge is 2.61. The fourth-order valence-corrected chi connectivity index (χ4v) is 5.56. The first kappa shape index (κ1) is 20.6. The molecule has 1 aliphatic heterocycles. The Morgan fingerprint density at radius 2 is 1.83 bits per heavy atom. The SMILES string of the molecule is CC(C)[C@@H]1CC1(NC(=O)C1CCCCC1)C(=O)CN1CCCc2ccccc2C1. The number of fused-ring (bicyclic) bond motifs is 1. The van der Waals surface area contributed by atoms with Gasteiger partial charge in [-0.1, -0.05) is 57.4 Å². The molecule has 1 aromatic rings. The van der Waals surface area contributed by atoms with Crippen molar-refractivity contribution in [2.45, 2.75) is 77.3 Å². The van der Waals surface area contributed by atoms with E-state index in [0.717, 1.165) is 58.0 Å². The summed E-state index contributed by atoms with van der Waals surface area (Å²) in [5.41, 5.74) is 2.14. The number of Topliss-reactive ketones (excluding diaryl/α,β-unsaturated/α-hetero) is 1. The number of carbonyl (C=O) groups excluding carboxylic acids is 2. The lowest BCUT2D eigenvalue weighted by Crippen LogP contribution is -2.51. The molecule has 4 nitrogen and oxygen atoms in total.